The largest absolute Gasteiger partial charge is 0.328 e. The number of aromatic nitrogens is 2. The van der Waals surface area contributed by atoms with Gasteiger partial charge >= 0.3 is 0 Å². The summed E-state index contributed by atoms with van der Waals surface area (Å²) in [5, 5.41) is 5.32. The second-order valence-electron chi connectivity index (χ2n) is 7.21. The number of aromatic amines is 1. The number of nitrogens with one attached hydrogen (secondary N) is 2. The van der Waals surface area contributed by atoms with Crippen molar-refractivity contribution in [2.24, 2.45) is 0 Å². The Morgan fingerprint density at radius 3 is 2.66 bits per heavy atom. The molecule has 29 heavy (non-hydrogen) atoms. The van der Waals surface area contributed by atoms with E-state index in [0.717, 1.165) is 41.3 Å². The Hall–Kier alpha value is -3.25. The van der Waals surface area contributed by atoms with Crippen LogP contribution in [0.5, 0.6) is 0 Å². The number of benzene rings is 2. The highest BCUT2D eigenvalue weighted by atomic mass is 32.1. The number of thiazole rings is 1. The highest BCUT2D eigenvalue weighted by Crippen LogP contribution is 2.28. The summed E-state index contributed by atoms with van der Waals surface area (Å²) in [6.45, 7) is 0. The van der Waals surface area contributed by atoms with Gasteiger partial charge in [0.05, 0.1) is 11.3 Å². The maximum absolute atomic E-state index is 12.6. The van der Waals surface area contributed by atoms with Crippen molar-refractivity contribution in [1.29, 1.82) is 0 Å². The third-order valence-electron chi connectivity index (χ3n) is 5.29. The van der Waals surface area contributed by atoms with Gasteiger partial charge in [-0.1, -0.05) is 36.4 Å². The van der Waals surface area contributed by atoms with Crippen LogP contribution in [0.4, 0.5) is 5.69 Å². The van der Waals surface area contributed by atoms with E-state index in [1.54, 1.807) is 6.20 Å². The van der Waals surface area contributed by atoms with Gasteiger partial charge in [-0.05, 0) is 54.2 Å². The lowest BCUT2D eigenvalue weighted by atomic mass is 10.0. The van der Waals surface area contributed by atoms with Gasteiger partial charge in [0.2, 0.25) is 0 Å². The number of nitrogens with zero attached hydrogens (tertiary/aromatic N) is 1. The zero-order chi connectivity index (χ0) is 19.8. The lowest BCUT2D eigenvalue weighted by molar-refractivity contribution is 0.102. The van der Waals surface area contributed by atoms with Gasteiger partial charge in [-0.15, -0.1) is 11.3 Å². The van der Waals surface area contributed by atoms with Crippen LogP contribution in [0.2, 0.25) is 0 Å². The van der Waals surface area contributed by atoms with Crippen LogP contribution in [-0.2, 0) is 12.8 Å². The molecular formula is C23H19N3O2S. The molecule has 6 heteroatoms. The molecule has 2 heterocycles. The van der Waals surface area contributed by atoms with Crippen molar-refractivity contribution in [3.8, 4) is 11.1 Å². The van der Waals surface area contributed by atoms with Crippen LogP contribution in [0.15, 0.2) is 59.5 Å². The monoisotopic (exact) mass is 401 g/mol. The van der Waals surface area contributed by atoms with Crippen molar-refractivity contribution < 1.29 is 4.79 Å². The number of hydrogen-bond donors (Lipinski definition) is 2. The molecule has 4 aromatic rings. The number of anilines is 1. The van der Waals surface area contributed by atoms with Gasteiger partial charge in [-0.3, -0.25) is 9.59 Å². The fourth-order valence-electron chi connectivity index (χ4n) is 3.83. The van der Waals surface area contributed by atoms with Crippen molar-refractivity contribution in [2.45, 2.75) is 25.7 Å². The number of fused-ring (bicyclic) bond motifs is 2. The van der Waals surface area contributed by atoms with Crippen molar-refractivity contribution in [3.63, 3.8) is 0 Å². The van der Waals surface area contributed by atoms with Gasteiger partial charge in [0.15, 0.2) is 5.01 Å². The summed E-state index contributed by atoms with van der Waals surface area (Å²) < 4.78 is 0. The van der Waals surface area contributed by atoms with Crippen LogP contribution in [0, 0.1) is 0 Å². The molecule has 144 valence electrons. The van der Waals surface area contributed by atoms with Crippen LogP contribution in [0.25, 0.3) is 21.9 Å². The lowest BCUT2D eigenvalue weighted by Gasteiger charge is -2.08. The van der Waals surface area contributed by atoms with E-state index in [-0.39, 0.29) is 11.5 Å². The number of pyridine rings is 1. The molecule has 0 radical (unpaired) electrons. The molecule has 2 aromatic heterocycles. The molecule has 2 aromatic carbocycles. The summed E-state index contributed by atoms with van der Waals surface area (Å²) in [5.41, 5.74) is 3.08. The Kier molecular flexibility index (Phi) is 4.48. The van der Waals surface area contributed by atoms with E-state index < -0.39 is 0 Å². The predicted octanol–water partition coefficient (Wildman–Crippen LogP) is 4.78. The summed E-state index contributed by atoms with van der Waals surface area (Å²) in [6.07, 6.45) is 6.03. The van der Waals surface area contributed by atoms with E-state index in [0.29, 0.717) is 16.3 Å². The van der Waals surface area contributed by atoms with E-state index in [2.05, 4.69) is 15.3 Å². The first-order chi connectivity index (χ1) is 14.2. The Morgan fingerprint density at radius 2 is 1.83 bits per heavy atom. The highest BCUT2D eigenvalue weighted by Gasteiger charge is 2.19. The van der Waals surface area contributed by atoms with Gasteiger partial charge < -0.3 is 10.3 Å². The third kappa shape index (κ3) is 3.36. The Balaban J connectivity index is 1.41. The minimum absolute atomic E-state index is 0.131. The normalized spacial score (nSPS) is 13.2. The molecule has 0 atom stereocenters. The van der Waals surface area contributed by atoms with Crippen molar-refractivity contribution in [1.82, 2.24) is 9.97 Å². The first-order valence-electron chi connectivity index (χ1n) is 9.70. The molecular weight excluding hydrogens is 382 g/mol. The Bertz CT molecular complexity index is 1250. The van der Waals surface area contributed by atoms with E-state index in [4.69, 9.17) is 0 Å². The van der Waals surface area contributed by atoms with Crippen molar-refractivity contribution in [2.75, 3.05) is 5.32 Å². The first kappa shape index (κ1) is 17.8. The molecule has 5 rings (SSSR count). The van der Waals surface area contributed by atoms with E-state index >= 15 is 0 Å². The SMILES string of the molecule is O=C(Nc1ccc(-c2c(=O)[nH]cc3ccccc23)cc1)c1nc2c(s1)CCCC2. The number of aryl methyl sites for hydroxylation is 2. The number of H-pyrrole nitrogens is 1. The zero-order valence-electron chi connectivity index (χ0n) is 15.7. The topological polar surface area (TPSA) is 74.8 Å². The van der Waals surface area contributed by atoms with Crippen LogP contribution in [-0.4, -0.2) is 15.9 Å². The quantitative estimate of drug-likeness (QED) is 0.519. The smallest absolute Gasteiger partial charge is 0.284 e. The predicted molar refractivity (Wildman–Crippen MR) is 117 cm³/mol. The maximum Gasteiger partial charge on any atom is 0.284 e. The fraction of sp³-hybridized carbons (Fsp3) is 0.174. The number of carbonyl (C=O) groups excluding carboxylic acids is 1. The van der Waals surface area contributed by atoms with Gasteiger partial charge in [-0.25, -0.2) is 4.98 Å². The average molecular weight is 401 g/mol. The molecule has 0 saturated carbocycles. The summed E-state index contributed by atoms with van der Waals surface area (Å²) in [7, 11) is 0. The summed E-state index contributed by atoms with van der Waals surface area (Å²) in [6, 6.07) is 15.1. The maximum atomic E-state index is 12.6. The molecule has 1 aliphatic carbocycles. The Morgan fingerprint density at radius 1 is 1.03 bits per heavy atom. The molecule has 0 unspecified atom stereocenters. The van der Waals surface area contributed by atoms with Gasteiger partial charge in [-0.2, -0.15) is 0 Å². The minimum atomic E-state index is -0.180. The fourth-order valence-corrected chi connectivity index (χ4v) is 4.87. The van der Waals surface area contributed by atoms with Crippen LogP contribution >= 0.6 is 11.3 Å². The Labute approximate surface area is 171 Å². The van der Waals surface area contributed by atoms with Crippen LogP contribution < -0.4 is 10.9 Å². The summed E-state index contributed by atoms with van der Waals surface area (Å²) in [4.78, 5) is 33.6. The zero-order valence-corrected chi connectivity index (χ0v) is 16.5. The minimum Gasteiger partial charge on any atom is -0.328 e. The molecule has 2 N–H and O–H groups in total. The average Bonchev–Trinajstić information content (AvgIpc) is 3.19. The van der Waals surface area contributed by atoms with Gasteiger partial charge in [0.25, 0.3) is 11.5 Å². The lowest BCUT2D eigenvalue weighted by Crippen LogP contribution is -2.12. The molecule has 0 saturated heterocycles. The number of amides is 1. The first-order valence-corrected chi connectivity index (χ1v) is 10.5. The second kappa shape index (κ2) is 7.29. The summed E-state index contributed by atoms with van der Waals surface area (Å²) in [5.74, 6) is -0.180. The van der Waals surface area contributed by atoms with E-state index in [1.165, 1.54) is 22.6 Å². The standard InChI is InChI=1S/C23H19N3O2S/c27-21-20(17-6-2-1-5-15(17)13-24-21)14-9-11-16(12-10-14)25-22(28)23-26-18-7-3-4-8-19(18)29-23/h1-2,5-6,9-13H,3-4,7-8H2,(H,24,27)(H,25,28). The van der Waals surface area contributed by atoms with Crippen LogP contribution in [0.3, 0.4) is 0 Å². The van der Waals surface area contributed by atoms with Crippen molar-refractivity contribution >= 4 is 33.7 Å². The number of hydrogen-bond acceptors (Lipinski definition) is 4. The molecule has 0 spiro atoms. The van der Waals surface area contributed by atoms with Crippen molar-refractivity contribution in [3.05, 3.63) is 80.7 Å². The highest BCUT2D eigenvalue weighted by molar-refractivity contribution is 7.13. The molecule has 1 amide bonds. The molecule has 0 aliphatic heterocycles. The number of rotatable bonds is 3. The molecule has 0 bridgehead atoms. The van der Waals surface area contributed by atoms with E-state index in [9.17, 15) is 9.59 Å². The number of carbonyl (C=O) groups is 1. The van der Waals surface area contributed by atoms with Crippen LogP contribution in [0.1, 0.15) is 33.2 Å². The van der Waals surface area contributed by atoms with Gasteiger partial charge in [0, 0.05) is 16.8 Å². The molecule has 0 fully saturated rings. The second-order valence-corrected chi connectivity index (χ2v) is 8.29. The third-order valence-corrected chi connectivity index (χ3v) is 6.44. The summed E-state index contributed by atoms with van der Waals surface area (Å²) >= 11 is 1.50. The van der Waals surface area contributed by atoms with Gasteiger partial charge in [0.1, 0.15) is 0 Å². The molecule has 1 aliphatic rings. The molecule has 5 nitrogen and oxygen atoms in total. The van der Waals surface area contributed by atoms with E-state index in [1.807, 2.05) is 48.5 Å².